The van der Waals surface area contributed by atoms with Crippen molar-refractivity contribution in [3.8, 4) is 5.69 Å². The van der Waals surface area contributed by atoms with Gasteiger partial charge in [-0.1, -0.05) is 29.5 Å². The average molecular weight is 370 g/mol. The van der Waals surface area contributed by atoms with Crippen molar-refractivity contribution in [2.45, 2.75) is 19.8 Å². The van der Waals surface area contributed by atoms with Crippen LogP contribution in [0.15, 0.2) is 42.7 Å². The van der Waals surface area contributed by atoms with E-state index in [1.165, 1.54) is 7.11 Å². The van der Waals surface area contributed by atoms with Crippen molar-refractivity contribution in [2.24, 2.45) is 0 Å². The average Bonchev–Trinajstić information content (AvgIpc) is 3.27. The first-order valence-electron chi connectivity index (χ1n) is 8.01. The van der Waals surface area contributed by atoms with Crippen LogP contribution in [0.1, 0.15) is 27.3 Å². The molecule has 3 rings (SSSR count). The van der Waals surface area contributed by atoms with E-state index in [0.717, 1.165) is 22.6 Å². The zero-order valence-corrected chi connectivity index (χ0v) is 15.2. The Bertz CT molecular complexity index is 918. The van der Waals surface area contributed by atoms with Crippen LogP contribution in [0, 0.1) is 6.92 Å². The molecule has 0 saturated carbocycles. The van der Waals surface area contributed by atoms with Gasteiger partial charge in [-0.05, 0) is 31.0 Å². The topological polar surface area (TPSA) is 86.1 Å². The van der Waals surface area contributed by atoms with E-state index in [1.807, 2.05) is 36.5 Å². The van der Waals surface area contributed by atoms with Crippen LogP contribution in [-0.4, -0.2) is 33.8 Å². The second kappa shape index (κ2) is 7.92. The van der Waals surface area contributed by atoms with Gasteiger partial charge in [0, 0.05) is 12.6 Å². The van der Waals surface area contributed by atoms with Crippen molar-refractivity contribution >= 4 is 28.3 Å². The SMILES string of the molecule is COC(=O)c1sc(NC(=O)CCc2cnn(-c3ccccc3)c2)nc1C. The number of para-hydroxylation sites is 1. The normalized spacial score (nSPS) is 10.5. The van der Waals surface area contributed by atoms with E-state index in [9.17, 15) is 9.59 Å². The van der Waals surface area contributed by atoms with E-state index in [4.69, 9.17) is 0 Å². The lowest BCUT2D eigenvalue weighted by molar-refractivity contribution is -0.116. The Morgan fingerprint density at radius 1 is 1.27 bits per heavy atom. The van der Waals surface area contributed by atoms with Gasteiger partial charge in [0.1, 0.15) is 4.88 Å². The molecule has 2 heterocycles. The molecule has 0 saturated heterocycles. The number of amides is 1. The number of anilines is 1. The number of benzene rings is 1. The zero-order valence-electron chi connectivity index (χ0n) is 14.4. The highest BCUT2D eigenvalue weighted by atomic mass is 32.1. The molecule has 0 unspecified atom stereocenters. The lowest BCUT2D eigenvalue weighted by Crippen LogP contribution is -2.12. The Morgan fingerprint density at radius 3 is 2.77 bits per heavy atom. The molecule has 0 aliphatic heterocycles. The van der Waals surface area contributed by atoms with Crippen molar-refractivity contribution in [1.82, 2.24) is 14.8 Å². The number of nitrogens with one attached hydrogen (secondary N) is 1. The number of methoxy groups -OCH3 is 1. The quantitative estimate of drug-likeness (QED) is 0.674. The minimum absolute atomic E-state index is 0.164. The summed E-state index contributed by atoms with van der Waals surface area (Å²) >= 11 is 1.11. The van der Waals surface area contributed by atoms with Crippen LogP contribution in [0.2, 0.25) is 0 Å². The van der Waals surface area contributed by atoms with E-state index >= 15 is 0 Å². The number of hydrogen-bond donors (Lipinski definition) is 1. The van der Waals surface area contributed by atoms with Gasteiger partial charge in [-0.15, -0.1) is 0 Å². The number of ether oxygens (including phenoxy) is 1. The first kappa shape index (κ1) is 17.8. The summed E-state index contributed by atoms with van der Waals surface area (Å²) in [5, 5.41) is 7.44. The van der Waals surface area contributed by atoms with Gasteiger partial charge in [0.15, 0.2) is 5.13 Å². The fourth-order valence-electron chi connectivity index (χ4n) is 2.38. The van der Waals surface area contributed by atoms with Crippen LogP contribution in [0.25, 0.3) is 5.69 Å². The van der Waals surface area contributed by atoms with E-state index in [2.05, 4.69) is 20.1 Å². The second-order valence-electron chi connectivity index (χ2n) is 5.60. The fraction of sp³-hybridized carbons (Fsp3) is 0.222. The molecular formula is C18H18N4O3S. The van der Waals surface area contributed by atoms with Gasteiger partial charge in [-0.25, -0.2) is 14.5 Å². The first-order valence-corrected chi connectivity index (χ1v) is 8.83. The number of rotatable bonds is 6. The van der Waals surface area contributed by atoms with Gasteiger partial charge in [0.05, 0.1) is 24.7 Å². The van der Waals surface area contributed by atoms with E-state index in [1.54, 1.807) is 17.8 Å². The number of carbonyl (C=O) groups excluding carboxylic acids is 2. The Labute approximate surface area is 154 Å². The maximum absolute atomic E-state index is 12.1. The lowest BCUT2D eigenvalue weighted by atomic mass is 10.2. The summed E-state index contributed by atoms with van der Waals surface area (Å²) in [5.41, 5.74) is 2.48. The minimum atomic E-state index is -0.450. The third-order valence-electron chi connectivity index (χ3n) is 3.71. The Balaban J connectivity index is 1.56. The van der Waals surface area contributed by atoms with Crippen LogP contribution in [0.5, 0.6) is 0 Å². The standard InChI is InChI=1S/C18H18N4O3S/c1-12-16(17(24)25-2)26-18(20-12)21-15(23)9-8-13-10-19-22(11-13)14-6-4-3-5-7-14/h3-7,10-11H,8-9H2,1-2H3,(H,20,21,23). The lowest BCUT2D eigenvalue weighted by Gasteiger charge is -2.01. The maximum Gasteiger partial charge on any atom is 0.350 e. The number of carbonyl (C=O) groups is 2. The number of thiazole rings is 1. The Morgan fingerprint density at radius 2 is 2.04 bits per heavy atom. The molecule has 1 N–H and O–H groups in total. The van der Waals surface area contributed by atoms with E-state index < -0.39 is 5.97 Å². The van der Waals surface area contributed by atoms with Crippen LogP contribution < -0.4 is 5.32 Å². The number of aryl methyl sites for hydroxylation is 2. The van der Waals surface area contributed by atoms with Crippen molar-refractivity contribution in [1.29, 1.82) is 0 Å². The molecule has 0 fully saturated rings. The zero-order chi connectivity index (χ0) is 18.5. The third kappa shape index (κ3) is 4.15. The number of aromatic nitrogens is 3. The minimum Gasteiger partial charge on any atom is -0.465 e. The molecule has 7 nitrogen and oxygen atoms in total. The first-order chi connectivity index (χ1) is 12.6. The molecule has 134 valence electrons. The van der Waals surface area contributed by atoms with Crippen LogP contribution in [0.4, 0.5) is 5.13 Å². The summed E-state index contributed by atoms with van der Waals surface area (Å²) in [6, 6.07) is 9.77. The molecule has 0 aliphatic carbocycles. The molecule has 3 aromatic rings. The molecule has 2 aromatic heterocycles. The van der Waals surface area contributed by atoms with Gasteiger partial charge >= 0.3 is 5.97 Å². The van der Waals surface area contributed by atoms with E-state index in [0.29, 0.717) is 28.5 Å². The monoisotopic (exact) mass is 370 g/mol. The van der Waals surface area contributed by atoms with Crippen LogP contribution in [-0.2, 0) is 16.0 Å². The highest BCUT2D eigenvalue weighted by Gasteiger charge is 2.17. The van der Waals surface area contributed by atoms with Gasteiger partial charge in [-0.2, -0.15) is 5.10 Å². The van der Waals surface area contributed by atoms with Crippen LogP contribution >= 0.6 is 11.3 Å². The molecule has 1 aromatic carbocycles. The Hall–Kier alpha value is -3.00. The van der Waals surface area contributed by atoms with Gasteiger partial charge in [0.2, 0.25) is 5.91 Å². The molecule has 0 spiro atoms. The molecule has 0 aliphatic rings. The van der Waals surface area contributed by atoms with Crippen molar-refractivity contribution < 1.29 is 14.3 Å². The third-order valence-corrected chi connectivity index (χ3v) is 4.76. The predicted molar refractivity (Wildman–Crippen MR) is 98.7 cm³/mol. The summed E-state index contributed by atoms with van der Waals surface area (Å²) < 4.78 is 6.47. The van der Waals surface area contributed by atoms with Gasteiger partial charge in [-0.3, -0.25) is 4.79 Å². The summed E-state index contributed by atoms with van der Waals surface area (Å²) in [6.07, 6.45) is 4.52. The van der Waals surface area contributed by atoms with Crippen molar-refractivity contribution in [3.05, 3.63) is 58.9 Å². The highest BCUT2D eigenvalue weighted by Crippen LogP contribution is 2.23. The molecule has 0 atom stereocenters. The summed E-state index contributed by atoms with van der Waals surface area (Å²) in [7, 11) is 1.31. The highest BCUT2D eigenvalue weighted by molar-refractivity contribution is 7.17. The number of nitrogens with zero attached hydrogens (tertiary/aromatic N) is 3. The van der Waals surface area contributed by atoms with Crippen LogP contribution in [0.3, 0.4) is 0 Å². The molecule has 8 heteroatoms. The Kier molecular flexibility index (Phi) is 5.43. The van der Waals surface area contributed by atoms with Gasteiger partial charge in [0.25, 0.3) is 0 Å². The summed E-state index contributed by atoms with van der Waals surface area (Å²) in [5.74, 6) is -0.614. The summed E-state index contributed by atoms with van der Waals surface area (Å²) in [6.45, 7) is 1.70. The smallest absolute Gasteiger partial charge is 0.350 e. The predicted octanol–water partition coefficient (Wildman–Crippen LogP) is 3.00. The molecule has 0 bridgehead atoms. The summed E-state index contributed by atoms with van der Waals surface area (Å²) in [4.78, 5) is 28.3. The van der Waals surface area contributed by atoms with E-state index in [-0.39, 0.29) is 5.91 Å². The largest absolute Gasteiger partial charge is 0.465 e. The molecular weight excluding hydrogens is 352 g/mol. The van der Waals surface area contributed by atoms with Crippen molar-refractivity contribution in [3.63, 3.8) is 0 Å². The van der Waals surface area contributed by atoms with Gasteiger partial charge < -0.3 is 10.1 Å². The number of hydrogen-bond acceptors (Lipinski definition) is 6. The van der Waals surface area contributed by atoms with Crippen molar-refractivity contribution in [2.75, 3.05) is 12.4 Å². The second-order valence-corrected chi connectivity index (χ2v) is 6.60. The molecule has 1 amide bonds. The fourth-order valence-corrected chi connectivity index (χ4v) is 3.28. The maximum atomic E-state index is 12.1. The molecule has 26 heavy (non-hydrogen) atoms. The molecule has 0 radical (unpaired) electrons. The number of esters is 1.